The summed E-state index contributed by atoms with van der Waals surface area (Å²) in [6.45, 7) is 9.06. The first-order chi connectivity index (χ1) is 9.91. The van der Waals surface area contributed by atoms with Gasteiger partial charge in [0.2, 0.25) is 0 Å². The van der Waals surface area contributed by atoms with Crippen LogP contribution in [0.2, 0.25) is 0 Å². The van der Waals surface area contributed by atoms with Gasteiger partial charge in [0, 0.05) is 16.5 Å². The molecule has 2 aromatic rings. The summed E-state index contributed by atoms with van der Waals surface area (Å²) in [5.41, 5.74) is 5.61. The standard InChI is InChI=1S/C18H24N2S/c1-11-7-6-8-13(12(11)2)17-20-15-10-18(3,4)9-14(19-5)16(15)21-17/h6-8,14,19H,9-10H2,1-5H3. The van der Waals surface area contributed by atoms with Crippen LogP contribution in [0.25, 0.3) is 10.6 Å². The SMILES string of the molecule is CNC1CC(C)(C)Cc2nc(-c3cccc(C)c3C)sc21. The molecule has 2 nitrogen and oxygen atoms in total. The van der Waals surface area contributed by atoms with E-state index < -0.39 is 0 Å². The maximum atomic E-state index is 5.00. The maximum Gasteiger partial charge on any atom is 0.124 e. The molecule has 0 amide bonds. The first kappa shape index (κ1) is 14.7. The number of hydrogen-bond acceptors (Lipinski definition) is 3. The molecule has 1 N–H and O–H groups in total. The highest BCUT2D eigenvalue weighted by Gasteiger charge is 2.34. The molecule has 0 radical (unpaired) electrons. The molecule has 3 rings (SSSR count). The lowest BCUT2D eigenvalue weighted by Crippen LogP contribution is -2.30. The molecule has 0 aliphatic heterocycles. The topological polar surface area (TPSA) is 24.9 Å². The number of nitrogens with zero attached hydrogens (tertiary/aromatic N) is 1. The molecule has 1 aliphatic rings. The van der Waals surface area contributed by atoms with Crippen molar-refractivity contribution in [1.29, 1.82) is 0 Å². The van der Waals surface area contributed by atoms with Crippen molar-refractivity contribution in [3.8, 4) is 10.6 Å². The number of aromatic nitrogens is 1. The minimum absolute atomic E-state index is 0.327. The van der Waals surface area contributed by atoms with Gasteiger partial charge in [-0.3, -0.25) is 0 Å². The second-order valence-corrected chi connectivity index (χ2v) is 7.99. The highest BCUT2D eigenvalue weighted by atomic mass is 32.1. The third kappa shape index (κ3) is 2.65. The first-order valence-corrected chi connectivity index (χ1v) is 8.46. The highest BCUT2D eigenvalue weighted by molar-refractivity contribution is 7.15. The fourth-order valence-electron chi connectivity index (χ4n) is 3.26. The molecule has 0 bridgehead atoms. The summed E-state index contributed by atoms with van der Waals surface area (Å²) in [6, 6.07) is 6.95. The van der Waals surface area contributed by atoms with Crippen molar-refractivity contribution in [3.63, 3.8) is 0 Å². The predicted molar refractivity (Wildman–Crippen MR) is 90.9 cm³/mol. The fraction of sp³-hybridized carbons (Fsp3) is 0.500. The van der Waals surface area contributed by atoms with Gasteiger partial charge in [0.1, 0.15) is 5.01 Å². The molecule has 0 fully saturated rings. The zero-order valence-corrected chi connectivity index (χ0v) is 14.4. The van der Waals surface area contributed by atoms with Crippen molar-refractivity contribution in [1.82, 2.24) is 10.3 Å². The van der Waals surface area contributed by atoms with E-state index in [0.29, 0.717) is 11.5 Å². The van der Waals surface area contributed by atoms with Crippen molar-refractivity contribution >= 4 is 11.3 Å². The summed E-state index contributed by atoms with van der Waals surface area (Å²) in [5, 5.41) is 4.66. The minimum Gasteiger partial charge on any atom is -0.312 e. The van der Waals surface area contributed by atoms with Crippen LogP contribution in [0.5, 0.6) is 0 Å². The van der Waals surface area contributed by atoms with E-state index in [0.717, 1.165) is 6.42 Å². The summed E-state index contributed by atoms with van der Waals surface area (Å²) in [4.78, 5) is 6.43. The highest BCUT2D eigenvalue weighted by Crippen LogP contribution is 2.45. The molecule has 1 heterocycles. The summed E-state index contributed by atoms with van der Waals surface area (Å²) < 4.78 is 0. The van der Waals surface area contributed by atoms with E-state index in [1.807, 2.05) is 11.3 Å². The molecule has 21 heavy (non-hydrogen) atoms. The van der Waals surface area contributed by atoms with E-state index in [9.17, 15) is 0 Å². The van der Waals surface area contributed by atoms with Crippen LogP contribution in [-0.4, -0.2) is 12.0 Å². The van der Waals surface area contributed by atoms with E-state index in [1.54, 1.807) is 0 Å². The Morgan fingerprint density at radius 2 is 2.05 bits per heavy atom. The number of thiazole rings is 1. The molecule has 1 aliphatic carbocycles. The van der Waals surface area contributed by atoms with Gasteiger partial charge in [-0.15, -0.1) is 11.3 Å². The largest absolute Gasteiger partial charge is 0.312 e. The normalized spacial score (nSPS) is 20.3. The summed E-state index contributed by atoms with van der Waals surface area (Å²) in [5.74, 6) is 0. The Bertz CT molecular complexity index is 670. The average Bonchev–Trinajstić information content (AvgIpc) is 2.83. The monoisotopic (exact) mass is 300 g/mol. The number of aryl methyl sites for hydroxylation is 1. The lowest BCUT2D eigenvalue weighted by Gasteiger charge is -2.34. The van der Waals surface area contributed by atoms with Gasteiger partial charge in [-0.25, -0.2) is 4.98 Å². The van der Waals surface area contributed by atoms with Crippen molar-refractivity contribution in [3.05, 3.63) is 39.9 Å². The number of nitrogens with one attached hydrogen (secondary N) is 1. The van der Waals surface area contributed by atoms with Gasteiger partial charge in [-0.2, -0.15) is 0 Å². The number of benzene rings is 1. The van der Waals surface area contributed by atoms with Crippen LogP contribution in [0.1, 0.15) is 48.0 Å². The molecule has 1 aromatic carbocycles. The number of fused-ring (bicyclic) bond motifs is 1. The fourth-order valence-corrected chi connectivity index (χ4v) is 4.54. The Kier molecular flexibility index (Phi) is 3.66. The third-order valence-corrected chi connectivity index (χ3v) is 5.87. The van der Waals surface area contributed by atoms with E-state index in [1.165, 1.54) is 38.7 Å². The Balaban J connectivity index is 2.08. The lowest BCUT2D eigenvalue weighted by atomic mass is 9.76. The Morgan fingerprint density at radius 3 is 2.76 bits per heavy atom. The molecular weight excluding hydrogens is 276 g/mol. The van der Waals surface area contributed by atoms with Gasteiger partial charge in [-0.05, 0) is 50.3 Å². The third-order valence-electron chi connectivity index (χ3n) is 4.63. The zero-order chi connectivity index (χ0) is 15.2. The van der Waals surface area contributed by atoms with Gasteiger partial charge in [0.05, 0.1) is 5.69 Å². The summed E-state index contributed by atoms with van der Waals surface area (Å²) >= 11 is 1.87. The molecular formula is C18H24N2S. The predicted octanol–water partition coefficient (Wildman–Crippen LogP) is 4.66. The molecule has 3 heteroatoms. The van der Waals surface area contributed by atoms with Crippen LogP contribution in [0.3, 0.4) is 0 Å². The van der Waals surface area contributed by atoms with Crippen molar-refractivity contribution in [2.75, 3.05) is 7.05 Å². The van der Waals surface area contributed by atoms with Crippen molar-refractivity contribution in [2.24, 2.45) is 5.41 Å². The molecule has 0 spiro atoms. The van der Waals surface area contributed by atoms with Crippen LogP contribution in [0, 0.1) is 19.3 Å². The van der Waals surface area contributed by atoms with E-state index in [-0.39, 0.29) is 0 Å². The number of hydrogen-bond donors (Lipinski definition) is 1. The first-order valence-electron chi connectivity index (χ1n) is 7.65. The van der Waals surface area contributed by atoms with Crippen molar-refractivity contribution in [2.45, 2.75) is 46.6 Å². The van der Waals surface area contributed by atoms with Gasteiger partial charge < -0.3 is 5.32 Å². The van der Waals surface area contributed by atoms with Gasteiger partial charge in [-0.1, -0.05) is 32.0 Å². The lowest BCUT2D eigenvalue weighted by molar-refractivity contribution is 0.265. The van der Waals surface area contributed by atoms with Crippen LogP contribution in [0.4, 0.5) is 0 Å². The minimum atomic E-state index is 0.327. The summed E-state index contributed by atoms with van der Waals surface area (Å²) in [7, 11) is 2.06. The van der Waals surface area contributed by atoms with E-state index >= 15 is 0 Å². The number of rotatable bonds is 2. The van der Waals surface area contributed by atoms with Crippen LogP contribution < -0.4 is 5.32 Å². The molecule has 0 saturated carbocycles. The molecule has 1 atom stereocenters. The Hall–Kier alpha value is -1.19. The van der Waals surface area contributed by atoms with Crippen LogP contribution in [-0.2, 0) is 6.42 Å². The maximum absolute atomic E-state index is 5.00. The second-order valence-electron chi connectivity index (χ2n) is 6.96. The molecule has 1 unspecified atom stereocenters. The smallest absolute Gasteiger partial charge is 0.124 e. The van der Waals surface area contributed by atoms with Crippen LogP contribution in [0.15, 0.2) is 18.2 Å². The molecule has 112 valence electrons. The van der Waals surface area contributed by atoms with E-state index in [4.69, 9.17) is 4.98 Å². The van der Waals surface area contributed by atoms with Crippen LogP contribution >= 0.6 is 11.3 Å². The quantitative estimate of drug-likeness (QED) is 0.872. The second kappa shape index (κ2) is 5.22. The molecule has 0 saturated heterocycles. The van der Waals surface area contributed by atoms with Crippen molar-refractivity contribution < 1.29 is 0 Å². The Labute approximate surface area is 131 Å². The van der Waals surface area contributed by atoms with Gasteiger partial charge in [0.25, 0.3) is 0 Å². The Morgan fingerprint density at radius 1 is 1.29 bits per heavy atom. The average molecular weight is 300 g/mol. The van der Waals surface area contributed by atoms with E-state index in [2.05, 4.69) is 58.3 Å². The summed E-state index contributed by atoms with van der Waals surface area (Å²) in [6.07, 6.45) is 2.27. The van der Waals surface area contributed by atoms with Gasteiger partial charge >= 0.3 is 0 Å². The zero-order valence-electron chi connectivity index (χ0n) is 13.6. The molecule has 1 aromatic heterocycles. The van der Waals surface area contributed by atoms with Gasteiger partial charge in [0.15, 0.2) is 0 Å².